The minimum absolute atomic E-state index is 0.254. The molecule has 0 aliphatic heterocycles. The molecule has 1 N–H and O–H groups in total. The Hall–Kier alpha value is -3.01. The number of nitrogens with zero attached hydrogens (tertiary/aromatic N) is 3. The van der Waals surface area contributed by atoms with Crippen molar-refractivity contribution >= 4 is 44.9 Å². The third kappa shape index (κ3) is 3.99. The van der Waals surface area contributed by atoms with E-state index in [9.17, 15) is 9.18 Å². The lowest BCUT2D eigenvalue weighted by Gasteiger charge is -2.01. The highest BCUT2D eigenvalue weighted by Gasteiger charge is 2.15. The second-order valence-corrected chi connectivity index (χ2v) is 8.72. The first-order chi connectivity index (χ1) is 15.1. The van der Waals surface area contributed by atoms with Crippen LogP contribution in [0, 0.1) is 5.82 Å². The average molecular weight is 471 g/mol. The molecule has 3 aromatic heterocycles. The number of H-pyrrole nitrogens is 1. The van der Waals surface area contributed by atoms with E-state index in [1.54, 1.807) is 18.2 Å². The monoisotopic (exact) mass is 470 g/mol. The minimum Gasteiger partial charge on any atom is -0.338 e. The molecule has 0 atom stereocenters. The molecule has 3 heterocycles. The van der Waals surface area contributed by atoms with Gasteiger partial charge in [0.1, 0.15) is 10.6 Å². The number of benzene rings is 2. The molecule has 31 heavy (non-hydrogen) atoms. The summed E-state index contributed by atoms with van der Waals surface area (Å²) < 4.78 is 18.5. The number of thioether (sulfide) groups is 1. The van der Waals surface area contributed by atoms with Gasteiger partial charge in [-0.1, -0.05) is 52.8 Å². The van der Waals surface area contributed by atoms with Gasteiger partial charge in [-0.3, -0.25) is 4.79 Å². The van der Waals surface area contributed by atoms with Crippen LogP contribution < -0.4 is 5.56 Å². The van der Waals surface area contributed by atoms with Crippen molar-refractivity contribution in [3.05, 3.63) is 81.0 Å². The zero-order chi connectivity index (χ0) is 21.4. The number of halogens is 2. The van der Waals surface area contributed by atoms with E-state index < -0.39 is 0 Å². The topological polar surface area (TPSA) is 84.7 Å². The summed E-state index contributed by atoms with van der Waals surface area (Å²) in [5, 5.41) is 7.29. The van der Waals surface area contributed by atoms with Crippen molar-refractivity contribution in [2.75, 3.05) is 0 Å². The number of rotatable bonds is 5. The Kier molecular flexibility index (Phi) is 5.31. The first-order valence-corrected chi connectivity index (χ1v) is 11.3. The van der Waals surface area contributed by atoms with E-state index in [4.69, 9.17) is 16.1 Å². The number of hydrogen-bond acceptors (Lipinski definition) is 7. The van der Waals surface area contributed by atoms with E-state index >= 15 is 0 Å². The predicted octanol–water partition coefficient (Wildman–Crippen LogP) is 5.79. The highest BCUT2D eigenvalue weighted by atomic mass is 35.5. The van der Waals surface area contributed by atoms with Gasteiger partial charge in [0.05, 0.1) is 16.2 Å². The Labute approximate surface area is 188 Å². The highest BCUT2D eigenvalue weighted by Crippen LogP contribution is 2.32. The fourth-order valence-electron chi connectivity index (χ4n) is 3.04. The summed E-state index contributed by atoms with van der Waals surface area (Å²) in [5.41, 5.74) is 1.92. The predicted molar refractivity (Wildman–Crippen MR) is 120 cm³/mol. The van der Waals surface area contributed by atoms with Crippen LogP contribution in [0.15, 0.2) is 68.4 Å². The Balaban J connectivity index is 1.38. The molecule has 0 radical (unpaired) electrons. The molecule has 2 aromatic carbocycles. The zero-order valence-electron chi connectivity index (χ0n) is 15.6. The molecule has 6 nitrogen and oxygen atoms in total. The lowest BCUT2D eigenvalue weighted by Crippen LogP contribution is -2.08. The van der Waals surface area contributed by atoms with Crippen LogP contribution in [-0.2, 0) is 5.75 Å². The summed E-state index contributed by atoms with van der Waals surface area (Å²) in [5.74, 6) is 0.802. The molecule has 154 valence electrons. The molecule has 0 saturated carbocycles. The van der Waals surface area contributed by atoms with E-state index in [0.717, 1.165) is 11.1 Å². The fraction of sp³-hybridized carbons (Fsp3) is 0.0476. The molecule has 0 aliphatic carbocycles. The Morgan fingerprint density at radius 3 is 2.71 bits per heavy atom. The van der Waals surface area contributed by atoms with Crippen molar-refractivity contribution in [1.82, 2.24) is 20.1 Å². The summed E-state index contributed by atoms with van der Waals surface area (Å²) >= 11 is 8.82. The van der Waals surface area contributed by atoms with E-state index in [1.807, 2.05) is 23.6 Å². The van der Waals surface area contributed by atoms with Crippen molar-refractivity contribution in [2.24, 2.45) is 0 Å². The van der Waals surface area contributed by atoms with Gasteiger partial charge in [0.25, 0.3) is 5.56 Å². The van der Waals surface area contributed by atoms with Gasteiger partial charge in [-0.2, -0.15) is 4.98 Å². The van der Waals surface area contributed by atoms with E-state index in [0.29, 0.717) is 43.4 Å². The first-order valence-electron chi connectivity index (χ1n) is 9.06. The SMILES string of the molecule is O=c1[nH]c(SCc2nc(-c3ccccc3Cl)no2)nc2scc(-c3ccc(F)cc3)c12. The quantitative estimate of drug-likeness (QED) is 0.258. The Bertz CT molecular complexity index is 1450. The average Bonchev–Trinajstić information content (AvgIpc) is 3.41. The van der Waals surface area contributed by atoms with Gasteiger partial charge in [0.2, 0.25) is 11.7 Å². The molecule has 0 aliphatic rings. The maximum atomic E-state index is 13.2. The van der Waals surface area contributed by atoms with Crippen molar-refractivity contribution in [3.63, 3.8) is 0 Å². The fourth-order valence-corrected chi connectivity index (χ4v) is 4.96. The van der Waals surface area contributed by atoms with Gasteiger partial charge < -0.3 is 9.51 Å². The lowest BCUT2D eigenvalue weighted by atomic mass is 10.1. The number of hydrogen-bond donors (Lipinski definition) is 1. The molecule has 0 spiro atoms. The van der Waals surface area contributed by atoms with Crippen molar-refractivity contribution in [3.8, 4) is 22.5 Å². The minimum atomic E-state index is -0.326. The van der Waals surface area contributed by atoms with Crippen LogP contribution in [0.5, 0.6) is 0 Å². The van der Waals surface area contributed by atoms with Crippen LogP contribution in [0.4, 0.5) is 4.39 Å². The maximum absolute atomic E-state index is 13.2. The van der Waals surface area contributed by atoms with Crippen molar-refractivity contribution in [1.29, 1.82) is 0 Å². The zero-order valence-corrected chi connectivity index (χ0v) is 18.0. The van der Waals surface area contributed by atoms with Crippen molar-refractivity contribution in [2.45, 2.75) is 10.9 Å². The van der Waals surface area contributed by atoms with E-state index in [1.165, 1.54) is 35.2 Å². The molecule has 5 aromatic rings. The number of aromatic amines is 1. The van der Waals surface area contributed by atoms with E-state index in [-0.39, 0.29) is 11.4 Å². The van der Waals surface area contributed by atoms with Crippen LogP contribution in [0.1, 0.15) is 5.89 Å². The summed E-state index contributed by atoms with van der Waals surface area (Å²) in [4.78, 5) is 25.0. The molecule has 0 saturated heterocycles. The van der Waals surface area contributed by atoms with Gasteiger partial charge in [-0.25, -0.2) is 9.37 Å². The number of nitrogens with one attached hydrogen (secondary N) is 1. The number of fused-ring (bicyclic) bond motifs is 1. The van der Waals surface area contributed by atoms with Gasteiger partial charge in [-0.05, 0) is 29.8 Å². The van der Waals surface area contributed by atoms with Crippen LogP contribution in [0.2, 0.25) is 5.02 Å². The number of thiophene rings is 1. The molecular weight excluding hydrogens is 459 g/mol. The van der Waals surface area contributed by atoms with E-state index in [2.05, 4.69) is 20.1 Å². The molecular formula is C21H12ClFN4O2S2. The molecule has 0 fully saturated rings. The summed E-state index contributed by atoms with van der Waals surface area (Å²) in [6.45, 7) is 0. The summed E-state index contributed by atoms with van der Waals surface area (Å²) in [6.07, 6.45) is 0. The Morgan fingerprint density at radius 2 is 1.90 bits per heavy atom. The largest absolute Gasteiger partial charge is 0.338 e. The van der Waals surface area contributed by atoms with Crippen LogP contribution in [-0.4, -0.2) is 20.1 Å². The third-order valence-corrected chi connectivity index (χ3v) is 6.55. The molecule has 5 rings (SSSR count). The summed E-state index contributed by atoms with van der Waals surface area (Å²) in [6, 6.07) is 13.3. The third-order valence-electron chi connectivity index (χ3n) is 4.49. The highest BCUT2D eigenvalue weighted by molar-refractivity contribution is 7.98. The second-order valence-electron chi connectivity index (χ2n) is 6.49. The molecule has 0 unspecified atom stereocenters. The van der Waals surface area contributed by atoms with Crippen molar-refractivity contribution < 1.29 is 8.91 Å². The smallest absolute Gasteiger partial charge is 0.260 e. The number of aromatic nitrogens is 4. The second kappa shape index (κ2) is 8.26. The van der Waals surface area contributed by atoms with Crippen LogP contribution in [0.3, 0.4) is 0 Å². The standard InChI is InChI=1S/C21H12ClFN4O2S2/c22-15-4-2-1-3-13(15)18-24-16(29-27-18)10-31-21-25-19(28)17-14(9-30-20(17)26-21)11-5-7-12(23)8-6-11/h1-9H,10H2,(H,25,26,28). The molecule has 0 bridgehead atoms. The van der Waals surface area contributed by atoms with Gasteiger partial charge in [-0.15, -0.1) is 11.3 Å². The van der Waals surface area contributed by atoms with Gasteiger partial charge in [0, 0.05) is 16.5 Å². The molecule has 0 amide bonds. The van der Waals surface area contributed by atoms with Crippen LogP contribution >= 0.6 is 34.7 Å². The molecule has 10 heteroatoms. The lowest BCUT2D eigenvalue weighted by molar-refractivity contribution is 0.391. The van der Waals surface area contributed by atoms with Gasteiger partial charge in [0.15, 0.2) is 5.16 Å². The van der Waals surface area contributed by atoms with Crippen LogP contribution in [0.25, 0.3) is 32.7 Å². The Morgan fingerprint density at radius 1 is 1.10 bits per heavy atom. The first kappa shape index (κ1) is 19.9. The normalized spacial score (nSPS) is 11.3. The maximum Gasteiger partial charge on any atom is 0.260 e. The summed E-state index contributed by atoms with van der Waals surface area (Å²) in [7, 11) is 0. The van der Waals surface area contributed by atoms with Gasteiger partial charge >= 0.3 is 0 Å².